The highest BCUT2D eigenvalue weighted by molar-refractivity contribution is 7.09. The molecule has 1 fully saturated rings. The second-order valence-corrected chi connectivity index (χ2v) is 6.88. The van der Waals surface area contributed by atoms with Crippen LogP contribution < -0.4 is 5.32 Å². The van der Waals surface area contributed by atoms with Crippen molar-refractivity contribution < 1.29 is 0 Å². The molecule has 2 rings (SSSR count). The van der Waals surface area contributed by atoms with Gasteiger partial charge in [0.05, 0.1) is 0 Å². The molecule has 17 heavy (non-hydrogen) atoms. The van der Waals surface area contributed by atoms with Gasteiger partial charge < -0.3 is 5.32 Å². The van der Waals surface area contributed by atoms with Gasteiger partial charge in [-0.3, -0.25) is 0 Å². The molecule has 96 valence electrons. The van der Waals surface area contributed by atoms with E-state index in [4.69, 9.17) is 0 Å². The first-order valence-electron chi connectivity index (χ1n) is 6.96. The molecule has 0 radical (unpaired) electrons. The Kier molecular flexibility index (Phi) is 4.63. The Hall–Kier alpha value is -0.340. The molecule has 0 unspecified atom stereocenters. The highest BCUT2D eigenvalue weighted by atomic mass is 32.1. The maximum Gasteiger partial charge on any atom is 0.00512 e. The maximum atomic E-state index is 3.67. The van der Waals surface area contributed by atoms with E-state index in [-0.39, 0.29) is 0 Å². The van der Waals surface area contributed by atoms with Crippen molar-refractivity contribution in [3.63, 3.8) is 0 Å². The summed E-state index contributed by atoms with van der Waals surface area (Å²) in [6, 6.07) is 5.10. The molecule has 1 N–H and O–H groups in total. The van der Waals surface area contributed by atoms with Crippen LogP contribution in [0, 0.1) is 5.41 Å². The Morgan fingerprint density at radius 3 is 2.65 bits per heavy atom. The number of thiophene rings is 1. The van der Waals surface area contributed by atoms with E-state index < -0.39 is 0 Å². The van der Waals surface area contributed by atoms with Crippen LogP contribution in [-0.4, -0.2) is 12.6 Å². The fraction of sp³-hybridized carbons (Fsp3) is 0.733. The summed E-state index contributed by atoms with van der Waals surface area (Å²) in [5.74, 6) is 0. The summed E-state index contributed by atoms with van der Waals surface area (Å²) in [4.78, 5) is 1.57. The standard InChI is InChI=1S/C15H25NS/c1-13(2)16-12-15(8-4-3-5-9-15)11-14-7-6-10-17-14/h6-7,10,13,16H,3-5,8-9,11-12H2,1-2H3. The maximum absolute atomic E-state index is 3.67. The predicted octanol–water partition coefficient (Wildman–Crippen LogP) is 4.24. The van der Waals surface area contributed by atoms with Crippen molar-refractivity contribution in [1.82, 2.24) is 5.32 Å². The summed E-state index contributed by atoms with van der Waals surface area (Å²) in [7, 11) is 0. The second kappa shape index (κ2) is 6.01. The summed E-state index contributed by atoms with van der Waals surface area (Å²) in [6.45, 7) is 5.70. The highest BCUT2D eigenvalue weighted by Gasteiger charge is 2.32. The molecule has 2 heteroatoms. The Bertz CT molecular complexity index is 310. The van der Waals surface area contributed by atoms with Crippen molar-refractivity contribution in [2.45, 2.75) is 58.4 Å². The predicted molar refractivity (Wildman–Crippen MR) is 76.7 cm³/mol. The SMILES string of the molecule is CC(C)NCC1(Cc2cccs2)CCCCC1. The van der Waals surface area contributed by atoms with Crippen molar-refractivity contribution in [2.24, 2.45) is 5.41 Å². The molecule has 0 saturated heterocycles. The molecular weight excluding hydrogens is 226 g/mol. The zero-order valence-electron chi connectivity index (χ0n) is 11.2. The molecule has 0 aromatic carbocycles. The normalized spacial score (nSPS) is 19.7. The van der Waals surface area contributed by atoms with Gasteiger partial charge in [0.25, 0.3) is 0 Å². The monoisotopic (exact) mass is 251 g/mol. The van der Waals surface area contributed by atoms with Crippen molar-refractivity contribution in [1.29, 1.82) is 0 Å². The van der Waals surface area contributed by atoms with Crippen LogP contribution in [0.5, 0.6) is 0 Å². The van der Waals surface area contributed by atoms with Gasteiger partial charge in [-0.2, -0.15) is 0 Å². The van der Waals surface area contributed by atoms with E-state index >= 15 is 0 Å². The topological polar surface area (TPSA) is 12.0 Å². The van der Waals surface area contributed by atoms with Gasteiger partial charge in [-0.25, -0.2) is 0 Å². The molecule has 1 nitrogen and oxygen atoms in total. The Morgan fingerprint density at radius 2 is 2.06 bits per heavy atom. The summed E-state index contributed by atoms with van der Waals surface area (Å²) >= 11 is 1.92. The lowest BCUT2D eigenvalue weighted by atomic mass is 9.71. The molecule has 1 aliphatic carbocycles. The van der Waals surface area contributed by atoms with Gasteiger partial charge in [0.15, 0.2) is 0 Å². The van der Waals surface area contributed by atoms with Gasteiger partial charge in [0, 0.05) is 17.5 Å². The Balaban J connectivity index is 2.00. The van der Waals surface area contributed by atoms with Crippen LogP contribution in [0.3, 0.4) is 0 Å². The number of hydrogen-bond donors (Lipinski definition) is 1. The van der Waals surface area contributed by atoms with E-state index in [1.165, 1.54) is 45.1 Å². The van der Waals surface area contributed by atoms with Crippen LogP contribution in [0.2, 0.25) is 0 Å². The minimum absolute atomic E-state index is 0.535. The van der Waals surface area contributed by atoms with Gasteiger partial charge in [-0.15, -0.1) is 11.3 Å². The van der Waals surface area contributed by atoms with Gasteiger partial charge in [-0.05, 0) is 36.1 Å². The van der Waals surface area contributed by atoms with Crippen LogP contribution in [0.1, 0.15) is 50.8 Å². The fourth-order valence-electron chi connectivity index (χ4n) is 2.92. The van der Waals surface area contributed by atoms with E-state index in [9.17, 15) is 0 Å². The van der Waals surface area contributed by atoms with Gasteiger partial charge in [0.1, 0.15) is 0 Å². The lowest BCUT2D eigenvalue weighted by molar-refractivity contribution is 0.178. The van der Waals surface area contributed by atoms with Crippen LogP contribution in [0.4, 0.5) is 0 Å². The third-order valence-corrected chi connectivity index (χ3v) is 4.81. The van der Waals surface area contributed by atoms with E-state index in [2.05, 4.69) is 36.7 Å². The molecule has 1 saturated carbocycles. The van der Waals surface area contributed by atoms with E-state index in [1.807, 2.05) is 11.3 Å². The first-order chi connectivity index (χ1) is 8.20. The quantitative estimate of drug-likeness (QED) is 0.825. The number of hydrogen-bond acceptors (Lipinski definition) is 2. The molecule has 0 amide bonds. The van der Waals surface area contributed by atoms with E-state index in [1.54, 1.807) is 4.88 Å². The van der Waals surface area contributed by atoms with E-state index in [0.29, 0.717) is 11.5 Å². The van der Waals surface area contributed by atoms with Gasteiger partial charge >= 0.3 is 0 Å². The van der Waals surface area contributed by atoms with Crippen LogP contribution in [-0.2, 0) is 6.42 Å². The average molecular weight is 251 g/mol. The summed E-state index contributed by atoms with van der Waals surface area (Å²) in [6.07, 6.45) is 8.38. The molecule has 1 aromatic rings. The average Bonchev–Trinajstić information content (AvgIpc) is 2.80. The zero-order chi connectivity index (χ0) is 12.1. The second-order valence-electron chi connectivity index (χ2n) is 5.85. The molecule has 0 atom stereocenters. The Labute approximate surface area is 110 Å². The van der Waals surface area contributed by atoms with Crippen LogP contribution in [0.15, 0.2) is 17.5 Å². The summed E-state index contributed by atoms with van der Waals surface area (Å²) in [5.41, 5.74) is 0.535. The summed E-state index contributed by atoms with van der Waals surface area (Å²) in [5, 5.41) is 5.88. The van der Waals surface area contributed by atoms with Crippen LogP contribution >= 0.6 is 11.3 Å². The minimum atomic E-state index is 0.535. The molecule has 0 bridgehead atoms. The van der Waals surface area contributed by atoms with Gasteiger partial charge in [0.2, 0.25) is 0 Å². The van der Waals surface area contributed by atoms with Crippen molar-refractivity contribution in [2.75, 3.05) is 6.54 Å². The molecule has 0 aliphatic heterocycles. The lowest BCUT2D eigenvalue weighted by Gasteiger charge is -2.38. The van der Waals surface area contributed by atoms with Crippen molar-refractivity contribution in [3.05, 3.63) is 22.4 Å². The fourth-order valence-corrected chi connectivity index (χ4v) is 3.80. The number of nitrogens with one attached hydrogen (secondary N) is 1. The Morgan fingerprint density at radius 1 is 1.29 bits per heavy atom. The molecular formula is C15H25NS. The molecule has 1 aliphatic rings. The lowest BCUT2D eigenvalue weighted by Crippen LogP contribution is -2.40. The minimum Gasteiger partial charge on any atom is -0.314 e. The smallest absolute Gasteiger partial charge is 0.00512 e. The first-order valence-corrected chi connectivity index (χ1v) is 7.84. The van der Waals surface area contributed by atoms with Crippen LogP contribution in [0.25, 0.3) is 0 Å². The first kappa shape index (κ1) is 13.1. The molecule has 0 spiro atoms. The van der Waals surface area contributed by atoms with Crippen molar-refractivity contribution in [3.8, 4) is 0 Å². The molecule has 1 heterocycles. The third kappa shape index (κ3) is 3.82. The summed E-state index contributed by atoms with van der Waals surface area (Å²) < 4.78 is 0. The van der Waals surface area contributed by atoms with E-state index in [0.717, 1.165) is 0 Å². The highest BCUT2D eigenvalue weighted by Crippen LogP contribution is 2.39. The third-order valence-electron chi connectivity index (χ3n) is 3.93. The van der Waals surface area contributed by atoms with Crippen molar-refractivity contribution >= 4 is 11.3 Å². The largest absolute Gasteiger partial charge is 0.314 e. The zero-order valence-corrected chi connectivity index (χ0v) is 12.0. The molecule has 1 aromatic heterocycles. The van der Waals surface area contributed by atoms with Gasteiger partial charge in [-0.1, -0.05) is 39.2 Å². The number of rotatable bonds is 5.